The van der Waals surface area contributed by atoms with Crippen LogP contribution in [-0.4, -0.2) is 24.2 Å². The number of anilines is 2. The standard InChI is InChI=1S/C17H15BrN2O4/c1-24-16(22)9-7-11-6-8-14(15(21)10-11)20(17(19)23)13-5-3-2-4-12(13)18/h2-10,21H,1H3,(H2,19,23)/b9-7+. The average molecular weight is 391 g/mol. The van der Waals surface area contributed by atoms with Crippen molar-refractivity contribution in [3.05, 3.63) is 58.6 Å². The smallest absolute Gasteiger partial charge is 0.330 e. The summed E-state index contributed by atoms with van der Waals surface area (Å²) in [5, 5.41) is 10.3. The first-order chi connectivity index (χ1) is 11.4. The molecular weight excluding hydrogens is 376 g/mol. The number of amides is 2. The van der Waals surface area contributed by atoms with Crippen LogP contribution in [0.25, 0.3) is 6.08 Å². The van der Waals surface area contributed by atoms with Gasteiger partial charge >= 0.3 is 12.0 Å². The fourth-order valence-electron chi connectivity index (χ4n) is 2.07. The van der Waals surface area contributed by atoms with Crippen molar-refractivity contribution < 1.29 is 19.4 Å². The Morgan fingerprint density at radius 1 is 1.21 bits per heavy atom. The molecule has 0 radical (unpaired) electrons. The van der Waals surface area contributed by atoms with Crippen LogP contribution in [0.2, 0.25) is 0 Å². The van der Waals surface area contributed by atoms with E-state index < -0.39 is 12.0 Å². The van der Waals surface area contributed by atoms with Crippen molar-refractivity contribution in [1.82, 2.24) is 0 Å². The van der Waals surface area contributed by atoms with Gasteiger partial charge in [0.2, 0.25) is 0 Å². The second-order valence-electron chi connectivity index (χ2n) is 4.73. The first kappa shape index (κ1) is 17.6. The summed E-state index contributed by atoms with van der Waals surface area (Å²) in [6, 6.07) is 10.9. The number of carbonyl (C=O) groups excluding carboxylic acids is 2. The number of phenolic OH excluding ortho intramolecular Hbond substituents is 1. The molecule has 6 nitrogen and oxygen atoms in total. The quantitative estimate of drug-likeness (QED) is 0.616. The van der Waals surface area contributed by atoms with Crippen LogP contribution in [0.4, 0.5) is 16.2 Å². The highest BCUT2D eigenvalue weighted by atomic mass is 79.9. The lowest BCUT2D eigenvalue weighted by molar-refractivity contribution is -0.134. The van der Waals surface area contributed by atoms with Crippen molar-refractivity contribution in [2.75, 3.05) is 12.0 Å². The van der Waals surface area contributed by atoms with Gasteiger partial charge in [0.25, 0.3) is 0 Å². The molecule has 0 atom stereocenters. The van der Waals surface area contributed by atoms with Gasteiger partial charge in [-0.1, -0.05) is 18.2 Å². The van der Waals surface area contributed by atoms with Gasteiger partial charge in [0.05, 0.1) is 18.5 Å². The van der Waals surface area contributed by atoms with E-state index in [0.29, 0.717) is 15.7 Å². The van der Waals surface area contributed by atoms with Crippen LogP contribution < -0.4 is 10.6 Å². The zero-order valence-corrected chi connectivity index (χ0v) is 14.4. The van der Waals surface area contributed by atoms with Crippen molar-refractivity contribution in [2.24, 2.45) is 5.73 Å². The molecule has 0 heterocycles. The van der Waals surface area contributed by atoms with Gasteiger partial charge in [0, 0.05) is 10.5 Å². The summed E-state index contributed by atoms with van der Waals surface area (Å²) in [6.07, 6.45) is 2.72. The van der Waals surface area contributed by atoms with E-state index in [2.05, 4.69) is 20.7 Å². The molecule has 0 aromatic heterocycles. The fourth-order valence-corrected chi connectivity index (χ4v) is 2.53. The topological polar surface area (TPSA) is 92.9 Å². The van der Waals surface area contributed by atoms with Gasteiger partial charge in [-0.15, -0.1) is 0 Å². The molecule has 7 heteroatoms. The molecule has 0 aliphatic heterocycles. The monoisotopic (exact) mass is 390 g/mol. The highest BCUT2D eigenvalue weighted by Crippen LogP contribution is 2.37. The highest BCUT2D eigenvalue weighted by molar-refractivity contribution is 9.10. The summed E-state index contributed by atoms with van der Waals surface area (Å²) in [5.74, 6) is -0.665. The van der Waals surface area contributed by atoms with Crippen molar-refractivity contribution in [3.8, 4) is 5.75 Å². The molecule has 0 fully saturated rings. The van der Waals surface area contributed by atoms with Crippen molar-refractivity contribution in [3.63, 3.8) is 0 Å². The van der Waals surface area contributed by atoms with Crippen LogP contribution in [0.1, 0.15) is 5.56 Å². The van der Waals surface area contributed by atoms with E-state index in [9.17, 15) is 14.7 Å². The molecular formula is C17H15BrN2O4. The van der Waals surface area contributed by atoms with E-state index >= 15 is 0 Å². The second kappa shape index (κ2) is 7.65. The average Bonchev–Trinajstić information content (AvgIpc) is 2.56. The zero-order chi connectivity index (χ0) is 17.7. The van der Waals surface area contributed by atoms with E-state index in [-0.39, 0.29) is 11.4 Å². The Kier molecular flexibility index (Phi) is 5.59. The number of phenols is 1. The summed E-state index contributed by atoms with van der Waals surface area (Å²) in [6.45, 7) is 0. The third kappa shape index (κ3) is 3.94. The maximum absolute atomic E-state index is 11.9. The molecule has 2 aromatic rings. The van der Waals surface area contributed by atoms with Gasteiger partial charge in [-0.25, -0.2) is 9.59 Å². The van der Waals surface area contributed by atoms with E-state index in [1.165, 1.54) is 36.3 Å². The molecule has 124 valence electrons. The lowest BCUT2D eigenvalue weighted by Crippen LogP contribution is -2.31. The Hall–Kier alpha value is -2.80. The summed E-state index contributed by atoms with van der Waals surface area (Å²) in [4.78, 5) is 24.2. The Morgan fingerprint density at radius 2 is 1.92 bits per heavy atom. The number of benzene rings is 2. The molecule has 0 aliphatic rings. The third-order valence-corrected chi connectivity index (χ3v) is 3.84. The number of carbonyl (C=O) groups is 2. The molecule has 3 N–H and O–H groups in total. The number of esters is 1. The molecule has 2 rings (SSSR count). The third-order valence-electron chi connectivity index (χ3n) is 3.17. The Balaban J connectivity index is 2.42. The van der Waals surface area contributed by atoms with Gasteiger partial charge in [-0.3, -0.25) is 4.90 Å². The zero-order valence-electron chi connectivity index (χ0n) is 12.8. The van der Waals surface area contributed by atoms with Gasteiger partial charge in [-0.2, -0.15) is 0 Å². The first-order valence-corrected chi connectivity index (χ1v) is 7.66. The molecule has 0 unspecified atom stereocenters. The maximum Gasteiger partial charge on any atom is 0.330 e. The van der Waals surface area contributed by atoms with Crippen LogP contribution in [0.5, 0.6) is 5.75 Å². The number of aromatic hydroxyl groups is 1. The molecule has 0 bridgehead atoms. The molecule has 2 amide bonds. The maximum atomic E-state index is 11.9. The summed E-state index contributed by atoms with van der Waals surface area (Å²) < 4.78 is 5.15. The van der Waals surface area contributed by atoms with Crippen LogP contribution in [0.3, 0.4) is 0 Å². The van der Waals surface area contributed by atoms with E-state index in [0.717, 1.165) is 0 Å². The van der Waals surface area contributed by atoms with E-state index in [1.54, 1.807) is 30.3 Å². The summed E-state index contributed by atoms with van der Waals surface area (Å²) in [5.41, 5.74) is 6.77. The normalized spacial score (nSPS) is 10.6. The number of hydrogen-bond acceptors (Lipinski definition) is 4. The van der Waals surface area contributed by atoms with Gasteiger partial charge < -0.3 is 15.6 Å². The van der Waals surface area contributed by atoms with Crippen molar-refractivity contribution in [2.45, 2.75) is 0 Å². The van der Waals surface area contributed by atoms with Crippen LogP contribution >= 0.6 is 15.9 Å². The number of hydrogen-bond donors (Lipinski definition) is 2. The highest BCUT2D eigenvalue weighted by Gasteiger charge is 2.20. The second-order valence-corrected chi connectivity index (χ2v) is 5.58. The predicted octanol–water partition coefficient (Wildman–Crippen LogP) is 3.56. The Labute approximate surface area is 147 Å². The minimum atomic E-state index is -0.741. The molecule has 0 aliphatic carbocycles. The van der Waals surface area contributed by atoms with E-state index in [1.807, 2.05) is 0 Å². The number of halogens is 1. The van der Waals surface area contributed by atoms with Crippen LogP contribution in [0.15, 0.2) is 53.0 Å². The Bertz CT molecular complexity index is 805. The van der Waals surface area contributed by atoms with Gasteiger partial charge in [-0.05, 0) is 51.8 Å². The first-order valence-electron chi connectivity index (χ1n) is 6.87. The largest absolute Gasteiger partial charge is 0.506 e. The van der Waals surface area contributed by atoms with Crippen molar-refractivity contribution >= 4 is 45.4 Å². The lowest BCUT2D eigenvalue weighted by atomic mass is 10.1. The number of urea groups is 1. The number of primary amides is 1. The van der Waals surface area contributed by atoms with Crippen LogP contribution in [-0.2, 0) is 9.53 Å². The Morgan fingerprint density at radius 3 is 2.50 bits per heavy atom. The number of ether oxygens (including phenoxy) is 1. The number of nitrogens with two attached hydrogens (primary N) is 1. The SMILES string of the molecule is COC(=O)/C=C/c1ccc(N(C(N)=O)c2ccccc2Br)c(O)c1. The van der Waals surface area contributed by atoms with Gasteiger partial charge in [0.1, 0.15) is 5.75 Å². The van der Waals surface area contributed by atoms with Crippen LogP contribution in [0, 0.1) is 0 Å². The number of methoxy groups -OCH3 is 1. The number of rotatable bonds is 4. The minimum Gasteiger partial charge on any atom is -0.506 e. The van der Waals surface area contributed by atoms with Gasteiger partial charge in [0.15, 0.2) is 0 Å². The predicted molar refractivity (Wildman–Crippen MR) is 95.0 cm³/mol. The molecule has 2 aromatic carbocycles. The molecule has 0 spiro atoms. The molecule has 0 saturated heterocycles. The fraction of sp³-hybridized carbons (Fsp3) is 0.0588. The molecule has 24 heavy (non-hydrogen) atoms. The summed E-state index contributed by atoms with van der Waals surface area (Å²) >= 11 is 3.36. The minimum absolute atomic E-state index is 0.156. The lowest BCUT2D eigenvalue weighted by Gasteiger charge is -2.23. The van der Waals surface area contributed by atoms with E-state index in [4.69, 9.17) is 5.73 Å². The molecule has 0 saturated carbocycles. The number of nitrogens with zero attached hydrogens (tertiary/aromatic N) is 1. The number of para-hydroxylation sites is 1. The summed E-state index contributed by atoms with van der Waals surface area (Å²) in [7, 11) is 1.27. The van der Waals surface area contributed by atoms with Crippen molar-refractivity contribution in [1.29, 1.82) is 0 Å².